The topological polar surface area (TPSA) is 44.1 Å². The Morgan fingerprint density at radius 2 is 1.88 bits per heavy atom. The van der Waals surface area contributed by atoms with Crippen LogP contribution in [-0.4, -0.2) is 30.1 Å². The predicted octanol–water partition coefficient (Wildman–Crippen LogP) is 7.02. The van der Waals surface area contributed by atoms with E-state index < -0.39 is 18.5 Å². The third kappa shape index (κ3) is 10.7. The second-order valence-corrected chi connectivity index (χ2v) is 8.45. The summed E-state index contributed by atoms with van der Waals surface area (Å²) in [4.78, 5) is 12.3. The molecule has 0 bridgehead atoms. The van der Waals surface area contributed by atoms with Gasteiger partial charge in [-0.3, -0.25) is 4.79 Å². The van der Waals surface area contributed by atoms with Crippen molar-refractivity contribution >= 4 is 17.5 Å². The molecular weight excluding hydrogens is 456 g/mol. The first-order valence-electron chi connectivity index (χ1n) is 10.6. The maximum absolute atomic E-state index is 12.5. The number of nitrogens with zero attached hydrogens (tertiary/aromatic N) is 2. The van der Waals surface area contributed by atoms with E-state index in [1.165, 1.54) is 16.5 Å². The van der Waals surface area contributed by atoms with Crippen LogP contribution in [0.2, 0.25) is 5.02 Å². The van der Waals surface area contributed by atoms with Gasteiger partial charge in [0.05, 0.1) is 10.6 Å². The molecule has 8 heteroatoms. The van der Waals surface area contributed by atoms with Gasteiger partial charge in [-0.1, -0.05) is 37.6 Å². The van der Waals surface area contributed by atoms with Crippen molar-refractivity contribution in [2.75, 3.05) is 13.1 Å². The lowest BCUT2D eigenvalue weighted by atomic mass is 10.1. The molecule has 1 aliphatic rings. The van der Waals surface area contributed by atoms with Gasteiger partial charge in [0.1, 0.15) is 18.3 Å². The zero-order valence-corrected chi connectivity index (χ0v) is 20.0. The van der Waals surface area contributed by atoms with Crippen LogP contribution in [0.3, 0.4) is 0 Å². The fraction of sp³-hybridized carbons (Fsp3) is 0.440. The number of amides is 1. The third-order valence-corrected chi connectivity index (χ3v) is 5.38. The molecule has 2 aromatic carbocycles. The van der Waals surface area contributed by atoms with Gasteiger partial charge in [-0.2, -0.15) is 18.4 Å². The van der Waals surface area contributed by atoms with Crippen molar-refractivity contribution in [3.63, 3.8) is 0 Å². The molecule has 180 valence electrons. The second kappa shape index (κ2) is 13.2. The maximum Gasteiger partial charge on any atom is 0.397 e. The highest BCUT2D eigenvalue weighted by molar-refractivity contribution is 6.31. The average Bonchev–Trinajstić information content (AvgIpc) is 3.16. The number of rotatable bonds is 2. The number of nitriles is 1. The Morgan fingerprint density at radius 1 is 1.21 bits per heavy atom. The normalized spacial score (nSPS) is 15.0. The van der Waals surface area contributed by atoms with E-state index in [-0.39, 0.29) is 5.82 Å². The van der Waals surface area contributed by atoms with Gasteiger partial charge in [-0.05, 0) is 73.6 Å². The van der Waals surface area contributed by atoms with Crippen molar-refractivity contribution in [3.05, 3.63) is 69.5 Å². The molecule has 1 heterocycles. The van der Waals surface area contributed by atoms with Crippen LogP contribution in [0.4, 0.5) is 17.6 Å². The van der Waals surface area contributed by atoms with Crippen molar-refractivity contribution in [3.8, 4) is 6.07 Å². The summed E-state index contributed by atoms with van der Waals surface area (Å²) < 4.78 is 48.0. The van der Waals surface area contributed by atoms with E-state index in [1.807, 2.05) is 45.9 Å². The van der Waals surface area contributed by atoms with E-state index in [9.17, 15) is 22.4 Å². The molecule has 1 unspecified atom stereocenters. The Morgan fingerprint density at radius 3 is 2.33 bits per heavy atom. The third-order valence-electron chi connectivity index (χ3n) is 5.07. The zero-order chi connectivity index (χ0) is 25.2. The average molecular weight is 485 g/mol. The smallest absolute Gasteiger partial charge is 0.342 e. The Bertz CT molecular complexity index is 961. The van der Waals surface area contributed by atoms with Crippen molar-refractivity contribution in [2.24, 2.45) is 5.92 Å². The monoisotopic (exact) mass is 484 g/mol. The second-order valence-electron chi connectivity index (χ2n) is 8.05. The Balaban J connectivity index is 0.000000251. The molecule has 1 aliphatic heterocycles. The van der Waals surface area contributed by atoms with Crippen molar-refractivity contribution in [1.82, 2.24) is 4.90 Å². The van der Waals surface area contributed by atoms with Crippen LogP contribution in [0, 0.1) is 36.9 Å². The van der Waals surface area contributed by atoms with Crippen LogP contribution in [0.15, 0.2) is 36.4 Å². The fourth-order valence-electron chi connectivity index (χ4n) is 3.18. The number of likely N-dealkylation sites (tertiary alicyclic amines) is 1. The van der Waals surface area contributed by atoms with Crippen molar-refractivity contribution in [2.45, 2.75) is 53.1 Å². The molecule has 0 saturated carbocycles. The lowest BCUT2D eigenvalue weighted by Crippen LogP contribution is -2.32. The quantitative estimate of drug-likeness (QED) is 0.430. The van der Waals surface area contributed by atoms with Gasteiger partial charge < -0.3 is 4.90 Å². The van der Waals surface area contributed by atoms with E-state index in [2.05, 4.69) is 0 Å². The summed E-state index contributed by atoms with van der Waals surface area (Å²) in [5.41, 5.74) is 3.88. The number of halogens is 5. The summed E-state index contributed by atoms with van der Waals surface area (Å²) in [5.74, 6) is -0.600. The Labute approximate surface area is 198 Å². The first kappa shape index (κ1) is 28.4. The molecule has 0 N–H and O–H groups in total. The Kier molecular flexibility index (Phi) is 11.4. The van der Waals surface area contributed by atoms with Crippen molar-refractivity contribution < 1.29 is 22.4 Å². The summed E-state index contributed by atoms with van der Waals surface area (Å²) in [7, 11) is 0. The van der Waals surface area contributed by atoms with Gasteiger partial charge >= 0.3 is 6.18 Å². The molecule has 0 radical (unpaired) electrons. The molecule has 3 nitrogen and oxygen atoms in total. The summed E-state index contributed by atoms with van der Waals surface area (Å²) in [6, 6.07) is 12.3. The SMILES string of the molecule is CC1CCN(C(=O)CC(F)(F)F)C1.CCc1cc(F)ccc1C.Cc1ccc(C#N)c(Cl)c1. The molecule has 2 aromatic rings. The molecule has 1 amide bonds. The van der Waals surface area contributed by atoms with Crippen LogP contribution in [0.25, 0.3) is 0 Å². The van der Waals surface area contributed by atoms with Gasteiger partial charge in [-0.25, -0.2) is 4.39 Å². The van der Waals surface area contributed by atoms with Crippen molar-refractivity contribution in [1.29, 1.82) is 5.26 Å². The highest BCUT2D eigenvalue weighted by Gasteiger charge is 2.35. The van der Waals surface area contributed by atoms with Crippen LogP contribution in [0.1, 0.15) is 48.9 Å². The molecule has 0 aliphatic carbocycles. The number of aryl methyl sites for hydroxylation is 3. The van der Waals surface area contributed by atoms with Gasteiger partial charge in [0.15, 0.2) is 0 Å². The van der Waals surface area contributed by atoms with Crippen LogP contribution >= 0.6 is 11.6 Å². The molecule has 1 atom stereocenters. The highest BCUT2D eigenvalue weighted by atomic mass is 35.5. The largest absolute Gasteiger partial charge is 0.397 e. The molecule has 33 heavy (non-hydrogen) atoms. The number of hydrogen-bond acceptors (Lipinski definition) is 2. The van der Waals surface area contributed by atoms with Crippen LogP contribution < -0.4 is 0 Å². The summed E-state index contributed by atoms with van der Waals surface area (Å²) in [5, 5.41) is 9.00. The molecule has 1 fully saturated rings. The summed E-state index contributed by atoms with van der Waals surface area (Å²) >= 11 is 5.71. The zero-order valence-electron chi connectivity index (χ0n) is 19.3. The standard InChI is InChI=1S/C9H11F.C8H6ClN.C8H12F3NO/c1-3-8-6-9(10)5-4-7(8)2;1-6-2-3-7(5-10)8(9)4-6;1-6-2-3-12(5-6)7(13)4-8(9,10)11/h4-6H,3H2,1-2H3;2-4H,1H3;6H,2-5H2,1H3. The van der Waals surface area contributed by atoms with Gasteiger partial charge in [-0.15, -0.1) is 0 Å². The molecule has 0 spiro atoms. The van der Waals surface area contributed by atoms with Gasteiger partial charge in [0.2, 0.25) is 5.91 Å². The summed E-state index contributed by atoms with van der Waals surface area (Å²) in [6.07, 6.45) is -3.98. The van der Waals surface area contributed by atoms with Gasteiger partial charge in [0, 0.05) is 13.1 Å². The maximum atomic E-state index is 12.5. The highest BCUT2D eigenvalue weighted by Crippen LogP contribution is 2.23. The minimum Gasteiger partial charge on any atom is -0.342 e. The minimum atomic E-state index is -4.37. The number of alkyl halides is 3. The predicted molar refractivity (Wildman–Crippen MR) is 122 cm³/mol. The first-order valence-corrected chi connectivity index (χ1v) is 11.0. The van der Waals surface area contributed by atoms with Gasteiger partial charge in [0.25, 0.3) is 0 Å². The number of benzene rings is 2. The molecule has 3 rings (SSSR count). The lowest BCUT2D eigenvalue weighted by molar-refractivity contribution is -0.160. The van der Waals surface area contributed by atoms with E-state index in [0.717, 1.165) is 24.0 Å². The van der Waals surface area contributed by atoms with E-state index in [0.29, 0.717) is 29.6 Å². The molecule has 1 saturated heterocycles. The van der Waals surface area contributed by atoms with E-state index >= 15 is 0 Å². The van der Waals surface area contributed by atoms with E-state index in [4.69, 9.17) is 16.9 Å². The first-order chi connectivity index (χ1) is 15.4. The molecular formula is C25H29ClF4N2O. The van der Waals surface area contributed by atoms with E-state index in [1.54, 1.807) is 18.2 Å². The van der Waals surface area contributed by atoms with Crippen LogP contribution in [-0.2, 0) is 11.2 Å². The number of hydrogen-bond donors (Lipinski definition) is 0. The Hall–Kier alpha value is -2.59. The number of carbonyl (C=O) groups excluding carboxylic acids is 1. The lowest BCUT2D eigenvalue weighted by Gasteiger charge is -2.16. The minimum absolute atomic E-state index is 0.137. The fourth-order valence-corrected chi connectivity index (χ4v) is 3.45. The van der Waals surface area contributed by atoms with Crippen LogP contribution in [0.5, 0.6) is 0 Å². The summed E-state index contributed by atoms with van der Waals surface area (Å²) in [6.45, 7) is 8.83. The number of carbonyl (C=O) groups is 1. The molecule has 0 aromatic heterocycles.